The number of rotatable bonds is 3. The fraction of sp³-hybridized carbons (Fsp3) is 0.500. The summed E-state index contributed by atoms with van der Waals surface area (Å²) < 4.78 is 0. The van der Waals surface area contributed by atoms with Crippen LogP contribution in [-0.4, -0.2) is 16.3 Å². The van der Waals surface area contributed by atoms with Gasteiger partial charge in [0.05, 0.1) is 0 Å². The molecule has 1 aromatic heterocycles. The van der Waals surface area contributed by atoms with Crippen molar-refractivity contribution in [3.63, 3.8) is 0 Å². The number of phenols is 2. The molecule has 3 nitrogen and oxygen atoms in total. The zero-order chi connectivity index (χ0) is 16.8. The number of nitrogens with one attached hydrogen (secondary N) is 1. The number of fused-ring (bicyclic) bond motifs is 5. The lowest BCUT2D eigenvalue weighted by atomic mass is 9.75. The predicted octanol–water partition coefficient (Wildman–Crippen LogP) is 4.88. The van der Waals surface area contributed by atoms with Crippen LogP contribution < -0.4 is 5.32 Å². The molecule has 5 heteroatoms. The van der Waals surface area contributed by atoms with Crippen molar-refractivity contribution in [2.75, 3.05) is 0 Å². The molecule has 1 aromatic carbocycles. The molecule has 1 aliphatic heterocycles. The van der Waals surface area contributed by atoms with Crippen LogP contribution in [0.5, 0.6) is 11.5 Å². The Balaban J connectivity index is 0.00000182. The minimum atomic E-state index is -0.00175. The quantitative estimate of drug-likeness (QED) is 0.616. The van der Waals surface area contributed by atoms with Gasteiger partial charge in [-0.2, -0.15) is 0 Å². The van der Waals surface area contributed by atoms with E-state index in [4.69, 9.17) is 0 Å². The fourth-order valence-corrected chi connectivity index (χ4v) is 5.46. The average Bonchev–Trinajstić information content (AvgIpc) is 2.97. The summed E-state index contributed by atoms with van der Waals surface area (Å²) in [6.07, 6.45) is 4.42. The molecular weight excluding hydrogens is 398 g/mol. The number of hydrogen-bond acceptors (Lipinski definition) is 4. The molecule has 1 aliphatic carbocycles. The molecule has 2 atom stereocenters. The minimum Gasteiger partial charge on any atom is -0.504 e. The molecule has 136 valence electrons. The van der Waals surface area contributed by atoms with Crippen molar-refractivity contribution >= 4 is 28.3 Å². The number of thiophene rings is 1. The number of halogens is 1. The van der Waals surface area contributed by atoms with Crippen LogP contribution in [-0.2, 0) is 19.4 Å². The Labute approximate surface area is 163 Å². The van der Waals surface area contributed by atoms with E-state index in [0.717, 1.165) is 31.7 Å². The lowest BCUT2D eigenvalue weighted by molar-refractivity contribution is 0.383. The topological polar surface area (TPSA) is 52.5 Å². The van der Waals surface area contributed by atoms with E-state index in [-0.39, 0.29) is 28.5 Å². The van der Waals surface area contributed by atoms with Gasteiger partial charge in [0.25, 0.3) is 0 Å². The summed E-state index contributed by atoms with van der Waals surface area (Å²) in [6, 6.07) is 6.35. The Morgan fingerprint density at radius 3 is 2.68 bits per heavy atom. The third kappa shape index (κ3) is 3.46. The Morgan fingerprint density at radius 2 is 1.92 bits per heavy atom. The molecule has 2 aliphatic rings. The van der Waals surface area contributed by atoms with Crippen molar-refractivity contribution in [2.24, 2.45) is 5.92 Å². The van der Waals surface area contributed by atoms with Gasteiger partial charge in [0, 0.05) is 28.3 Å². The number of benzene rings is 1. The van der Waals surface area contributed by atoms with E-state index in [1.165, 1.54) is 32.9 Å². The van der Waals surface area contributed by atoms with E-state index >= 15 is 0 Å². The molecule has 2 aromatic rings. The Bertz CT molecular complexity index is 771. The Kier molecular flexibility index (Phi) is 5.47. The summed E-state index contributed by atoms with van der Waals surface area (Å²) in [4.78, 5) is 2.94. The average molecular weight is 424 g/mol. The lowest BCUT2D eigenvalue weighted by Crippen LogP contribution is -2.41. The zero-order valence-electron chi connectivity index (χ0n) is 14.7. The van der Waals surface area contributed by atoms with Gasteiger partial charge in [0.2, 0.25) is 0 Å². The van der Waals surface area contributed by atoms with Crippen LogP contribution in [0.25, 0.3) is 0 Å². The van der Waals surface area contributed by atoms with E-state index in [9.17, 15) is 10.2 Å². The van der Waals surface area contributed by atoms with Crippen LogP contribution in [0.2, 0.25) is 0 Å². The normalized spacial score (nSPS) is 21.2. The third-order valence-electron chi connectivity index (χ3n) is 5.40. The summed E-state index contributed by atoms with van der Waals surface area (Å²) >= 11 is 1.95. The molecule has 0 bridgehead atoms. The van der Waals surface area contributed by atoms with Crippen molar-refractivity contribution in [3.8, 4) is 11.5 Å². The SMILES string of the molecule is Br.CC(C)CCc1cc2c(s1)C1c3cc(O)c(O)cc3CCC1NC2. The number of hydrogen-bond donors (Lipinski definition) is 3. The van der Waals surface area contributed by atoms with Gasteiger partial charge >= 0.3 is 0 Å². The highest BCUT2D eigenvalue weighted by Crippen LogP contribution is 2.46. The van der Waals surface area contributed by atoms with Crippen LogP contribution in [0.4, 0.5) is 0 Å². The molecule has 0 saturated heterocycles. The number of aryl methyl sites for hydroxylation is 2. The number of phenolic OH excluding ortho intramolecular Hbond substituents is 2. The zero-order valence-corrected chi connectivity index (χ0v) is 17.2. The van der Waals surface area contributed by atoms with Crippen molar-refractivity contribution in [1.82, 2.24) is 5.32 Å². The lowest BCUT2D eigenvalue weighted by Gasteiger charge is -2.38. The smallest absolute Gasteiger partial charge is 0.157 e. The standard InChI is InChI=1S/C20H25NO2S.BrH/c1-11(2)3-5-14-7-13-10-21-16-6-4-12-8-17(22)18(23)9-15(12)19(16)20(13)24-14;/h7-9,11,16,19,21-23H,3-6,10H2,1-2H3;1H. The molecular formula is C20H26BrNO2S. The maximum Gasteiger partial charge on any atom is 0.157 e. The predicted molar refractivity (Wildman–Crippen MR) is 108 cm³/mol. The van der Waals surface area contributed by atoms with Gasteiger partial charge in [0.15, 0.2) is 11.5 Å². The molecule has 0 saturated carbocycles. The molecule has 4 rings (SSSR count). The number of aromatic hydroxyl groups is 2. The molecule has 2 unspecified atom stereocenters. The highest BCUT2D eigenvalue weighted by atomic mass is 79.9. The van der Waals surface area contributed by atoms with E-state index in [1.54, 1.807) is 12.1 Å². The summed E-state index contributed by atoms with van der Waals surface area (Å²) in [6.45, 7) is 5.50. The summed E-state index contributed by atoms with van der Waals surface area (Å²) in [5.41, 5.74) is 3.78. The van der Waals surface area contributed by atoms with E-state index in [2.05, 4.69) is 25.2 Å². The molecule has 0 fully saturated rings. The van der Waals surface area contributed by atoms with Gasteiger partial charge in [-0.3, -0.25) is 0 Å². The van der Waals surface area contributed by atoms with Crippen molar-refractivity contribution < 1.29 is 10.2 Å². The second kappa shape index (κ2) is 7.29. The monoisotopic (exact) mass is 423 g/mol. The van der Waals surface area contributed by atoms with Gasteiger partial charge < -0.3 is 15.5 Å². The Hall–Kier alpha value is -1.04. The summed E-state index contributed by atoms with van der Waals surface area (Å²) in [5.74, 6) is 1.03. The summed E-state index contributed by atoms with van der Waals surface area (Å²) in [7, 11) is 0. The summed E-state index contributed by atoms with van der Waals surface area (Å²) in [5, 5.41) is 23.5. The highest BCUT2D eigenvalue weighted by molar-refractivity contribution is 8.93. The van der Waals surface area contributed by atoms with Gasteiger partial charge in [-0.1, -0.05) is 13.8 Å². The van der Waals surface area contributed by atoms with Crippen molar-refractivity contribution in [2.45, 2.75) is 58.0 Å². The first kappa shape index (κ1) is 18.7. The van der Waals surface area contributed by atoms with Crippen LogP contribution in [0.15, 0.2) is 18.2 Å². The molecule has 25 heavy (non-hydrogen) atoms. The maximum absolute atomic E-state index is 10.00. The molecule has 2 heterocycles. The van der Waals surface area contributed by atoms with E-state index in [0.29, 0.717) is 12.0 Å². The second-order valence-corrected chi connectivity index (χ2v) is 8.75. The van der Waals surface area contributed by atoms with Gasteiger partial charge in [-0.25, -0.2) is 0 Å². The van der Waals surface area contributed by atoms with Gasteiger partial charge in [0.1, 0.15) is 0 Å². The van der Waals surface area contributed by atoms with Gasteiger partial charge in [-0.05, 0) is 66.5 Å². The molecule has 0 amide bonds. The van der Waals surface area contributed by atoms with Crippen molar-refractivity contribution in [3.05, 3.63) is 44.6 Å². The third-order valence-corrected chi connectivity index (χ3v) is 6.72. The first-order valence-electron chi connectivity index (χ1n) is 8.92. The van der Waals surface area contributed by atoms with Crippen LogP contribution >= 0.6 is 28.3 Å². The van der Waals surface area contributed by atoms with Crippen molar-refractivity contribution in [1.29, 1.82) is 0 Å². The maximum atomic E-state index is 10.00. The first-order chi connectivity index (χ1) is 11.5. The largest absolute Gasteiger partial charge is 0.504 e. The van der Waals surface area contributed by atoms with Crippen LogP contribution in [0, 0.1) is 5.92 Å². The molecule has 3 N–H and O–H groups in total. The fourth-order valence-electron chi connectivity index (χ4n) is 4.08. The van der Waals surface area contributed by atoms with E-state index in [1.807, 2.05) is 11.3 Å². The van der Waals surface area contributed by atoms with E-state index < -0.39 is 0 Å². The molecule has 0 spiro atoms. The van der Waals surface area contributed by atoms with Gasteiger partial charge in [-0.15, -0.1) is 28.3 Å². The highest BCUT2D eigenvalue weighted by Gasteiger charge is 2.37. The van der Waals surface area contributed by atoms with Crippen LogP contribution in [0.1, 0.15) is 59.1 Å². The Morgan fingerprint density at radius 1 is 1.16 bits per heavy atom. The second-order valence-electron chi connectivity index (χ2n) is 7.58. The van der Waals surface area contributed by atoms with Crippen LogP contribution in [0.3, 0.4) is 0 Å². The molecule has 0 radical (unpaired) electrons. The first-order valence-corrected chi connectivity index (χ1v) is 9.74. The minimum absolute atomic E-state index is 0.